The molecule has 2 aromatic heterocycles. The normalized spacial score (nSPS) is 18.8. The lowest BCUT2D eigenvalue weighted by Gasteiger charge is -2.43. The maximum Gasteiger partial charge on any atom is 0.273 e. The quantitative estimate of drug-likeness (QED) is 0.799. The monoisotopic (exact) mass is 390 g/mol. The van der Waals surface area contributed by atoms with Crippen LogP contribution in [-0.2, 0) is 17.9 Å². The molecule has 4 heterocycles. The summed E-state index contributed by atoms with van der Waals surface area (Å²) in [6, 6.07) is 1.85. The molecule has 0 radical (unpaired) electrons. The Kier molecular flexibility index (Phi) is 4.67. The van der Waals surface area contributed by atoms with E-state index in [-0.39, 0.29) is 11.5 Å². The van der Waals surface area contributed by atoms with E-state index in [2.05, 4.69) is 33.2 Å². The van der Waals surface area contributed by atoms with Crippen molar-refractivity contribution in [2.75, 3.05) is 32.1 Å². The van der Waals surface area contributed by atoms with Gasteiger partial charge in [0.2, 0.25) is 5.13 Å². The van der Waals surface area contributed by atoms with Crippen LogP contribution in [0, 0.1) is 0 Å². The van der Waals surface area contributed by atoms with Crippen molar-refractivity contribution in [1.29, 1.82) is 0 Å². The predicted octanol–water partition coefficient (Wildman–Crippen LogP) is 2.13. The van der Waals surface area contributed by atoms with E-state index in [1.165, 1.54) is 11.5 Å². The van der Waals surface area contributed by atoms with Gasteiger partial charge in [0.25, 0.3) is 5.91 Å². The molecule has 146 valence electrons. The summed E-state index contributed by atoms with van der Waals surface area (Å²) < 4.78 is 12.7. The number of hydrogen-bond donors (Lipinski definition) is 0. The zero-order chi connectivity index (χ0) is 19.2. The van der Waals surface area contributed by atoms with Gasteiger partial charge in [0.15, 0.2) is 5.69 Å². The summed E-state index contributed by atoms with van der Waals surface area (Å²) in [6.45, 7) is 7.22. The topological polar surface area (TPSA) is 76.4 Å². The van der Waals surface area contributed by atoms with Gasteiger partial charge in [-0.05, 0) is 18.9 Å². The Morgan fingerprint density at radius 2 is 2.07 bits per heavy atom. The molecule has 2 aliphatic heterocycles. The maximum atomic E-state index is 12.2. The average Bonchev–Trinajstić information content (AvgIpc) is 3.28. The molecule has 0 N–H and O–H groups in total. The van der Waals surface area contributed by atoms with Gasteiger partial charge in [-0.25, -0.2) is 4.98 Å². The van der Waals surface area contributed by atoms with Crippen LogP contribution in [0.1, 0.15) is 54.6 Å². The predicted molar refractivity (Wildman–Crippen MR) is 103 cm³/mol. The molecule has 4 rings (SSSR count). The fraction of sp³-hybridized carbons (Fsp3) is 0.667. The van der Waals surface area contributed by atoms with Crippen LogP contribution in [0.5, 0.6) is 0 Å². The molecule has 1 spiro atoms. The smallest absolute Gasteiger partial charge is 0.273 e. The maximum absolute atomic E-state index is 12.2. The van der Waals surface area contributed by atoms with Gasteiger partial charge >= 0.3 is 0 Å². The van der Waals surface area contributed by atoms with Crippen molar-refractivity contribution in [2.24, 2.45) is 0 Å². The number of anilines is 1. The Bertz CT molecular complexity index is 835. The highest BCUT2D eigenvalue weighted by Gasteiger charge is 2.40. The first-order valence-electron chi connectivity index (χ1n) is 9.38. The van der Waals surface area contributed by atoms with Gasteiger partial charge in [-0.2, -0.15) is 9.47 Å². The molecule has 0 aromatic carbocycles. The highest BCUT2D eigenvalue weighted by atomic mass is 32.1. The molecule has 0 atom stereocenters. The molecule has 2 aliphatic rings. The number of carbonyl (C=O) groups is 1. The molecule has 9 heteroatoms. The van der Waals surface area contributed by atoms with Crippen LogP contribution in [0.15, 0.2) is 6.07 Å². The Morgan fingerprint density at radius 1 is 1.33 bits per heavy atom. The number of piperidine rings is 1. The Hall–Kier alpha value is -2.00. The summed E-state index contributed by atoms with van der Waals surface area (Å²) in [5, 5.41) is 5.54. The first kappa shape index (κ1) is 18.4. The second-order valence-corrected chi connectivity index (χ2v) is 8.66. The minimum Gasteiger partial charge on any atom is -0.367 e. The summed E-state index contributed by atoms with van der Waals surface area (Å²) in [5.74, 6) is 1.20. The van der Waals surface area contributed by atoms with Crippen molar-refractivity contribution >= 4 is 22.6 Å². The van der Waals surface area contributed by atoms with Gasteiger partial charge in [-0.15, -0.1) is 0 Å². The van der Waals surface area contributed by atoms with Crippen LogP contribution in [0.3, 0.4) is 0 Å². The van der Waals surface area contributed by atoms with Crippen LogP contribution in [0.4, 0.5) is 5.13 Å². The van der Waals surface area contributed by atoms with E-state index < -0.39 is 0 Å². The largest absolute Gasteiger partial charge is 0.367 e. The summed E-state index contributed by atoms with van der Waals surface area (Å²) in [6.07, 6.45) is 1.83. The molecule has 0 saturated carbocycles. The van der Waals surface area contributed by atoms with Crippen molar-refractivity contribution in [3.05, 3.63) is 23.3 Å². The van der Waals surface area contributed by atoms with E-state index in [4.69, 9.17) is 4.74 Å². The van der Waals surface area contributed by atoms with Gasteiger partial charge in [0.1, 0.15) is 5.82 Å². The van der Waals surface area contributed by atoms with Crippen LogP contribution in [0.25, 0.3) is 0 Å². The van der Waals surface area contributed by atoms with Gasteiger partial charge in [-0.3, -0.25) is 9.48 Å². The van der Waals surface area contributed by atoms with Crippen LogP contribution in [0.2, 0.25) is 0 Å². The lowest BCUT2D eigenvalue weighted by molar-refractivity contribution is -0.106. The molecular formula is C18H26N6O2S. The Balaban J connectivity index is 1.44. The third kappa shape index (κ3) is 3.45. The molecule has 1 saturated heterocycles. The summed E-state index contributed by atoms with van der Waals surface area (Å²) in [7, 11) is 3.49. The van der Waals surface area contributed by atoms with E-state index in [0.29, 0.717) is 24.8 Å². The van der Waals surface area contributed by atoms with Gasteiger partial charge < -0.3 is 14.5 Å². The van der Waals surface area contributed by atoms with E-state index >= 15 is 0 Å². The molecule has 1 amide bonds. The number of hydrogen-bond acceptors (Lipinski definition) is 7. The minimum atomic E-state index is -0.209. The number of carbonyl (C=O) groups excluding carboxylic acids is 1. The van der Waals surface area contributed by atoms with Crippen molar-refractivity contribution < 1.29 is 9.53 Å². The molecule has 1 fully saturated rings. The van der Waals surface area contributed by atoms with Gasteiger partial charge in [0, 0.05) is 44.6 Å². The second kappa shape index (κ2) is 6.87. The zero-order valence-electron chi connectivity index (χ0n) is 16.3. The number of ether oxygens (including phenoxy) is 1. The zero-order valence-corrected chi connectivity index (χ0v) is 17.1. The van der Waals surface area contributed by atoms with E-state index in [1.54, 1.807) is 19.0 Å². The molecular weight excluding hydrogens is 364 g/mol. The number of rotatable bonds is 3. The number of fused-ring (bicyclic) bond motifs is 1. The van der Waals surface area contributed by atoms with Gasteiger partial charge in [-0.1, -0.05) is 13.8 Å². The van der Waals surface area contributed by atoms with Crippen molar-refractivity contribution in [3.63, 3.8) is 0 Å². The Labute approximate surface area is 163 Å². The second-order valence-electron chi connectivity index (χ2n) is 7.93. The molecule has 2 aromatic rings. The third-order valence-electron chi connectivity index (χ3n) is 5.35. The summed E-state index contributed by atoms with van der Waals surface area (Å²) in [5.41, 5.74) is 1.25. The highest BCUT2D eigenvalue weighted by molar-refractivity contribution is 7.09. The number of nitrogens with zero attached hydrogens (tertiary/aromatic N) is 6. The lowest BCUT2D eigenvalue weighted by atomic mass is 9.90. The molecule has 27 heavy (non-hydrogen) atoms. The minimum absolute atomic E-state index is 0.0713. The molecule has 8 nitrogen and oxygen atoms in total. The van der Waals surface area contributed by atoms with Crippen LogP contribution >= 0.6 is 11.5 Å². The fourth-order valence-corrected chi connectivity index (χ4v) is 4.44. The first-order valence-corrected chi connectivity index (χ1v) is 10.2. The summed E-state index contributed by atoms with van der Waals surface area (Å²) in [4.78, 5) is 20.7. The van der Waals surface area contributed by atoms with Crippen molar-refractivity contribution in [1.82, 2.24) is 24.0 Å². The fourth-order valence-electron chi connectivity index (χ4n) is 3.59. The van der Waals surface area contributed by atoms with E-state index in [9.17, 15) is 4.79 Å². The number of amides is 1. The SMILES string of the molecule is CC(C)c1nsc(N2CCC3(CC2)Cn2nc(C(=O)N(C)C)cc2CO3)n1. The van der Waals surface area contributed by atoms with Crippen molar-refractivity contribution in [2.45, 2.75) is 51.4 Å². The standard InChI is InChI=1S/C18H26N6O2S/c1-12(2)15-19-17(27-21-15)23-7-5-18(6-8-23)11-24-13(10-26-18)9-14(20-24)16(25)22(3)4/h9,12H,5-8,10-11H2,1-4H3. The molecule has 0 aliphatic carbocycles. The van der Waals surface area contributed by atoms with Gasteiger partial charge in [0.05, 0.1) is 24.4 Å². The summed E-state index contributed by atoms with van der Waals surface area (Å²) >= 11 is 1.48. The van der Waals surface area contributed by atoms with E-state index in [0.717, 1.165) is 42.6 Å². The van der Waals surface area contributed by atoms with E-state index in [1.807, 2.05) is 10.7 Å². The first-order chi connectivity index (χ1) is 12.9. The third-order valence-corrected chi connectivity index (χ3v) is 6.14. The van der Waals surface area contributed by atoms with Crippen LogP contribution in [-0.4, -0.2) is 62.7 Å². The average molecular weight is 391 g/mol. The molecule has 0 unspecified atom stereocenters. The Morgan fingerprint density at radius 3 is 2.70 bits per heavy atom. The van der Waals surface area contributed by atoms with Crippen molar-refractivity contribution in [3.8, 4) is 0 Å². The number of aromatic nitrogens is 4. The highest BCUT2D eigenvalue weighted by Crippen LogP contribution is 2.35. The van der Waals surface area contributed by atoms with Crippen LogP contribution < -0.4 is 4.90 Å². The lowest BCUT2D eigenvalue weighted by Crippen LogP contribution is -2.50. The molecule has 0 bridgehead atoms.